The van der Waals surface area contributed by atoms with Gasteiger partial charge in [-0.2, -0.15) is 0 Å². The molecule has 0 bridgehead atoms. The van der Waals surface area contributed by atoms with Crippen LogP contribution >= 0.6 is 11.3 Å². The Bertz CT molecular complexity index is 476. The van der Waals surface area contributed by atoms with E-state index in [0.29, 0.717) is 18.5 Å². The number of thiophene rings is 1. The van der Waals surface area contributed by atoms with Gasteiger partial charge in [0.2, 0.25) is 5.91 Å². The second kappa shape index (κ2) is 8.27. The molecule has 4 nitrogen and oxygen atoms in total. The molecule has 2 aliphatic heterocycles. The number of hydrogen-bond donors (Lipinski definition) is 2. The van der Waals surface area contributed by atoms with E-state index < -0.39 is 0 Å². The molecule has 5 heteroatoms. The summed E-state index contributed by atoms with van der Waals surface area (Å²) in [5.74, 6) is 1.02. The predicted octanol–water partition coefficient (Wildman–Crippen LogP) is 2.78. The molecule has 0 spiro atoms. The number of hydrogen-bond acceptors (Lipinski definition) is 4. The smallest absolute Gasteiger partial charge is 0.221 e. The minimum Gasteiger partial charge on any atom is -0.354 e. The summed E-state index contributed by atoms with van der Waals surface area (Å²) < 4.78 is 0. The number of nitrogens with zero attached hydrogens (tertiary/aromatic N) is 1. The van der Waals surface area contributed by atoms with E-state index in [2.05, 4.69) is 40.0 Å². The molecule has 3 heterocycles. The van der Waals surface area contributed by atoms with Gasteiger partial charge in [0.15, 0.2) is 0 Å². The summed E-state index contributed by atoms with van der Waals surface area (Å²) >= 11 is 1.80. The van der Waals surface area contributed by atoms with Crippen molar-refractivity contribution in [1.29, 1.82) is 0 Å². The van der Waals surface area contributed by atoms with Crippen molar-refractivity contribution in [2.75, 3.05) is 26.2 Å². The lowest BCUT2D eigenvalue weighted by Gasteiger charge is -2.36. The molecule has 3 rings (SSSR count). The Morgan fingerprint density at radius 2 is 2.26 bits per heavy atom. The van der Waals surface area contributed by atoms with Crippen LogP contribution in [-0.4, -0.2) is 43.0 Å². The van der Waals surface area contributed by atoms with Gasteiger partial charge in [-0.25, -0.2) is 0 Å². The first-order chi connectivity index (χ1) is 11.2. The van der Waals surface area contributed by atoms with E-state index in [1.54, 1.807) is 11.3 Å². The van der Waals surface area contributed by atoms with Gasteiger partial charge in [-0.15, -0.1) is 11.3 Å². The van der Waals surface area contributed by atoms with E-state index >= 15 is 0 Å². The highest BCUT2D eigenvalue weighted by atomic mass is 32.1. The van der Waals surface area contributed by atoms with E-state index in [4.69, 9.17) is 0 Å². The molecule has 0 saturated carbocycles. The van der Waals surface area contributed by atoms with Crippen molar-refractivity contribution in [2.24, 2.45) is 5.92 Å². The average molecular weight is 336 g/mol. The molecule has 2 saturated heterocycles. The highest BCUT2D eigenvalue weighted by molar-refractivity contribution is 7.10. The summed E-state index contributed by atoms with van der Waals surface area (Å²) in [6.45, 7) is 6.42. The number of nitrogens with one attached hydrogen (secondary N) is 2. The third-order valence-electron chi connectivity index (χ3n) is 5.22. The zero-order chi connectivity index (χ0) is 16.1. The Balaban J connectivity index is 1.54. The van der Waals surface area contributed by atoms with Gasteiger partial charge in [0.1, 0.15) is 0 Å². The lowest BCUT2D eigenvalue weighted by Crippen LogP contribution is -2.42. The molecule has 1 amide bonds. The van der Waals surface area contributed by atoms with Gasteiger partial charge in [-0.3, -0.25) is 9.69 Å². The molecule has 2 unspecified atom stereocenters. The van der Waals surface area contributed by atoms with Crippen LogP contribution in [0.15, 0.2) is 17.5 Å². The Labute approximate surface area is 143 Å². The molecular formula is C18H29N3OS. The van der Waals surface area contributed by atoms with Crippen molar-refractivity contribution in [3.05, 3.63) is 22.4 Å². The first kappa shape index (κ1) is 16.9. The number of rotatable bonds is 6. The monoisotopic (exact) mass is 335 g/mol. The van der Waals surface area contributed by atoms with Crippen LogP contribution in [0.25, 0.3) is 0 Å². The standard InChI is InChI=1S/C18H29N3OS/c1-14-6-9-21(10-7-14)16(17-5-3-11-23-17)13-20-18(22)12-15-4-2-8-19-15/h3,5,11,14-16,19H,2,4,6-10,12-13H2,1H3,(H,20,22). The highest BCUT2D eigenvalue weighted by Gasteiger charge is 2.26. The normalized spacial score (nSPS) is 24.7. The van der Waals surface area contributed by atoms with Crippen LogP contribution in [0.2, 0.25) is 0 Å². The van der Waals surface area contributed by atoms with E-state index in [1.807, 2.05) is 0 Å². The van der Waals surface area contributed by atoms with Gasteiger partial charge in [0.25, 0.3) is 0 Å². The largest absolute Gasteiger partial charge is 0.354 e. The maximum Gasteiger partial charge on any atom is 0.221 e. The fourth-order valence-electron chi connectivity index (χ4n) is 3.67. The molecule has 0 aliphatic carbocycles. The van der Waals surface area contributed by atoms with Crippen LogP contribution in [-0.2, 0) is 4.79 Å². The Morgan fingerprint density at radius 3 is 2.91 bits per heavy atom. The summed E-state index contributed by atoms with van der Waals surface area (Å²) in [6.07, 6.45) is 5.48. The van der Waals surface area contributed by atoms with E-state index in [-0.39, 0.29) is 5.91 Å². The minimum absolute atomic E-state index is 0.191. The lowest BCUT2D eigenvalue weighted by atomic mass is 9.97. The van der Waals surface area contributed by atoms with Gasteiger partial charge >= 0.3 is 0 Å². The van der Waals surface area contributed by atoms with E-state index in [1.165, 1.54) is 24.1 Å². The SMILES string of the molecule is CC1CCN(C(CNC(=O)CC2CCCN2)c2cccs2)CC1. The topological polar surface area (TPSA) is 44.4 Å². The zero-order valence-corrected chi connectivity index (χ0v) is 14.9. The second-order valence-corrected chi connectivity index (χ2v) is 8.03. The Kier molecular flexibility index (Phi) is 6.08. The number of piperidine rings is 1. The van der Waals surface area contributed by atoms with Crippen LogP contribution in [0.4, 0.5) is 0 Å². The third-order valence-corrected chi connectivity index (χ3v) is 6.19. The Morgan fingerprint density at radius 1 is 1.43 bits per heavy atom. The van der Waals surface area contributed by atoms with E-state index in [9.17, 15) is 4.79 Å². The van der Waals surface area contributed by atoms with Gasteiger partial charge in [0.05, 0.1) is 6.04 Å². The number of carbonyl (C=O) groups excluding carboxylic acids is 1. The van der Waals surface area contributed by atoms with Gasteiger partial charge < -0.3 is 10.6 Å². The van der Waals surface area contributed by atoms with Gasteiger partial charge in [0, 0.05) is 23.9 Å². The van der Waals surface area contributed by atoms with Crippen LogP contribution in [0.5, 0.6) is 0 Å². The molecule has 2 fully saturated rings. The molecule has 0 aromatic carbocycles. The molecule has 23 heavy (non-hydrogen) atoms. The van der Waals surface area contributed by atoms with E-state index in [0.717, 1.165) is 38.5 Å². The maximum atomic E-state index is 12.2. The molecule has 128 valence electrons. The second-order valence-electron chi connectivity index (χ2n) is 7.05. The average Bonchev–Trinajstić information content (AvgIpc) is 3.23. The predicted molar refractivity (Wildman–Crippen MR) is 95.7 cm³/mol. The first-order valence-corrected chi connectivity index (χ1v) is 9.88. The van der Waals surface area contributed by atoms with Gasteiger partial charge in [-0.05, 0) is 62.7 Å². The van der Waals surface area contributed by atoms with Gasteiger partial charge in [-0.1, -0.05) is 13.0 Å². The fraction of sp³-hybridized carbons (Fsp3) is 0.722. The summed E-state index contributed by atoms with van der Waals surface area (Å²) in [5.41, 5.74) is 0. The number of amides is 1. The summed E-state index contributed by atoms with van der Waals surface area (Å²) in [6, 6.07) is 5.04. The third kappa shape index (κ3) is 4.78. The fourth-order valence-corrected chi connectivity index (χ4v) is 4.53. The summed E-state index contributed by atoms with van der Waals surface area (Å²) in [7, 11) is 0. The van der Waals surface area contributed by atoms with Crippen LogP contribution < -0.4 is 10.6 Å². The highest BCUT2D eigenvalue weighted by Crippen LogP contribution is 2.29. The number of carbonyl (C=O) groups is 1. The summed E-state index contributed by atoms with van der Waals surface area (Å²) in [4.78, 5) is 16.2. The van der Waals surface area contributed by atoms with Crippen LogP contribution in [0.1, 0.15) is 49.9 Å². The first-order valence-electron chi connectivity index (χ1n) is 9.00. The zero-order valence-electron chi connectivity index (χ0n) is 14.1. The molecule has 1 aromatic rings. The summed E-state index contributed by atoms with van der Waals surface area (Å²) in [5, 5.41) is 8.73. The van der Waals surface area contributed by atoms with Crippen molar-refractivity contribution in [3.8, 4) is 0 Å². The quantitative estimate of drug-likeness (QED) is 0.840. The van der Waals surface area contributed by atoms with Crippen molar-refractivity contribution in [3.63, 3.8) is 0 Å². The molecule has 2 atom stereocenters. The van der Waals surface area contributed by atoms with Crippen molar-refractivity contribution in [1.82, 2.24) is 15.5 Å². The minimum atomic E-state index is 0.191. The van der Waals surface area contributed by atoms with Crippen molar-refractivity contribution >= 4 is 17.2 Å². The molecule has 0 radical (unpaired) electrons. The van der Waals surface area contributed by atoms with Crippen molar-refractivity contribution < 1.29 is 4.79 Å². The Hall–Kier alpha value is -0.910. The van der Waals surface area contributed by atoms with Crippen LogP contribution in [0.3, 0.4) is 0 Å². The van der Waals surface area contributed by atoms with Crippen LogP contribution in [0, 0.1) is 5.92 Å². The molecule has 2 aliphatic rings. The maximum absolute atomic E-state index is 12.2. The lowest BCUT2D eigenvalue weighted by molar-refractivity contribution is -0.121. The molecular weight excluding hydrogens is 306 g/mol. The van der Waals surface area contributed by atoms with Crippen molar-refractivity contribution in [2.45, 2.75) is 51.1 Å². The molecule has 1 aromatic heterocycles. The number of likely N-dealkylation sites (tertiary alicyclic amines) is 1. The molecule has 2 N–H and O–H groups in total.